The standard InChI is InChI=1S/C18H18N4.2ClH.2H2O/c1-2-8-14-13(7-1)19-17(20-14)11-5-6-12-18-21-15-9-3-4-10-16(15)22-18;;;;/h1-4,7-10H,5-6,11-12H2,(H,19,20)(H,21,22);2*1H;2*1H2. The van der Waals surface area contributed by atoms with Crippen molar-refractivity contribution < 1.29 is 45.7 Å². The summed E-state index contributed by atoms with van der Waals surface area (Å²) in [6.45, 7) is 0. The van der Waals surface area contributed by atoms with E-state index in [-0.39, 0.29) is 35.8 Å². The Balaban J connectivity index is 0.00000156. The number of aromatic nitrogens is 4. The van der Waals surface area contributed by atoms with Crippen LogP contribution in [-0.2, 0) is 12.8 Å². The van der Waals surface area contributed by atoms with Crippen LogP contribution in [0.5, 0.6) is 0 Å². The van der Waals surface area contributed by atoms with Gasteiger partial charge in [0, 0.05) is 12.8 Å². The number of unbranched alkanes of at least 4 members (excludes halogenated alkanes) is 1. The number of imidazole rings is 2. The molecule has 8 heteroatoms. The summed E-state index contributed by atoms with van der Waals surface area (Å²) in [5.74, 6) is 2.42. The first kappa shape index (κ1) is 23.9. The molecule has 2 aromatic carbocycles. The number of nitrogens with one attached hydrogen (secondary N) is 4. The van der Waals surface area contributed by atoms with Crippen LogP contribution >= 0.6 is 0 Å². The maximum Gasteiger partial charge on any atom is 0.252 e. The molecule has 0 unspecified atom stereocenters. The monoisotopic (exact) mass is 398 g/mol. The third kappa shape index (κ3) is 5.19. The van der Waals surface area contributed by atoms with Crippen LogP contribution in [0, 0.1) is 0 Å². The molecule has 2 heterocycles. The molecule has 0 aliphatic heterocycles. The molecule has 0 atom stereocenters. The molecule has 2 aromatic heterocycles. The van der Waals surface area contributed by atoms with Crippen molar-refractivity contribution in [2.75, 3.05) is 0 Å². The number of aromatic amines is 4. The minimum atomic E-state index is 0. The van der Waals surface area contributed by atoms with Gasteiger partial charge in [0.25, 0.3) is 11.6 Å². The summed E-state index contributed by atoms with van der Waals surface area (Å²) >= 11 is 0. The second kappa shape index (κ2) is 10.8. The van der Waals surface area contributed by atoms with Crippen molar-refractivity contribution in [2.45, 2.75) is 25.7 Å². The molecule has 0 bridgehead atoms. The van der Waals surface area contributed by atoms with Crippen molar-refractivity contribution in [1.82, 2.24) is 9.97 Å². The van der Waals surface area contributed by atoms with Crippen molar-refractivity contribution in [2.24, 2.45) is 0 Å². The van der Waals surface area contributed by atoms with Crippen LogP contribution in [0.25, 0.3) is 22.1 Å². The van der Waals surface area contributed by atoms with Crippen molar-refractivity contribution >= 4 is 22.1 Å². The zero-order valence-corrected chi connectivity index (χ0v) is 15.7. The number of para-hydroxylation sites is 4. The van der Waals surface area contributed by atoms with E-state index in [1.165, 1.54) is 33.7 Å². The van der Waals surface area contributed by atoms with Crippen molar-refractivity contribution in [3.8, 4) is 0 Å². The van der Waals surface area contributed by atoms with Gasteiger partial charge in [0.2, 0.25) is 0 Å². The number of hydrogen-bond acceptors (Lipinski definition) is 0. The summed E-state index contributed by atoms with van der Waals surface area (Å²) in [6, 6.07) is 16.7. The number of fused-ring (bicyclic) bond motifs is 2. The van der Waals surface area contributed by atoms with Crippen molar-refractivity contribution in [3.05, 3.63) is 60.2 Å². The molecule has 0 amide bonds. The van der Waals surface area contributed by atoms with Gasteiger partial charge in [-0.2, -0.15) is 0 Å². The van der Waals surface area contributed by atoms with Gasteiger partial charge >= 0.3 is 0 Å². The SMILES string of the molecule is O.O.[Cl-].[Cl-].c1ccc2[nH+]c(CCCCc3[nH]c4ccccc4[nH+]3)[nH]c2c1. The van der Waals surface area contributed by atoms with E-state index in [9.17, 15) is 0 Å². The first-order valence-corrected chi connectivity index (χ1v) is 7.86. The molecule has 0 spiro atoms. The third-order valence-corrected chi connectivity index (χ3v) is 4.10. The predicted octanol–water partition coefficient (Wildman–Crippen LogP) is -4.80. The second-order valence-corrected chi connectivity index (χ2v) is 5.76. The largest absolute Gasteiger partial charge is 1.00 e. The van der Waals surface area contributed by atoms with Gasteiger partial charge < -0.3 is 35.8 Å². The van der Waals surface area contributed by atoms with Gasteiger partial charge in [-0.05, 0) is 37.1 Å². The van der Waals surface area contributed by atoms with Crippen LogP contribution in [0.15, 0.2) is 48.5 Å². The molecule has 0 fully saturated rings. The van der Waals surface area contributed by atoms with E-state index < -0.39 is 0 Å². The summed E-state index contributed by atoms with van der Waals surface area (Å²) < 4.78 is 0. The topological polar surface area (TPSA) is 123 Å². The smallest absolute Gasteiger partial charge is 0.252 e. The molecule has 0 saturated heterocycles. The Morgan fingerprint density at radius 1 is 0.615 bits per heavy atom. The fourth-order valence-corrected chi connectivity index (χ4v) is 2.97. The maximum atomic E-state index is 3.44. The van der Waals surface area contributed by atoms with Gasteiger partial charge in [0.05, 0.1) is 0 Å². The third-order valence-electron chi connectivity index (χ3n) is 4.10. The Labute approximate surface area is 163 Å². The Hall–Kier alpha value is -2.12. The van der Waals surface area contributed by atoms with E-state index in [2.05, 4.69) is 68.5 Å². The van der Waals surface area contributed by atoms with Crippen molar-refractivity contribution in [1.29, 1.82) is 0 Å². The normalized spacial score (nSPS) is 9.69. The zero-order valence-electron chi connectivity index (χ0n) is 14.2. The zero-order chi connectivity index (χ0) is 14.8. The minimum Gasteiger partial charge on any atom is -1.00 e. The molecule has 4 aromatic rings. The Bertz CT molecular complexity index is 782. The number of hydrogen-bond donors (Lipinski definition) is 2. The molecular formula is C18H24Cl2N4O2. The van der Waals surface area contributed by atoms with E-state index in [4.69, 9.17) is 0 Å². The molecule has 0 aliphatic carbocycles. The van der Waals surface area contributed by atoms with E-state index >= 15 is 0 Å². The summed E-state index contributed by atoms with van der Waals surface area (Å²) in [5.41, 5.74) is 4.73. The molecular weight excluding hydrogens is 375 g/mol. The highest BCUT2D eigenvalue weighted by Gasteiger charge is 2.11. The lowest BCUT2D eigenvalue weighted by Crippen LogP contribution is -3.00. The fourth-order valence-electron chi connectivity index (χ4n) is 2.97. The first-order valence-electron chi connectivity index (χ1n) is 7.86. The maximum absolute atomic E-state index is 3.44. The van der Waals surface area contributed by atoms with Gasteiger partial charge in [-0.3, -0.25) is 0 Å². The number of rotatable bonds is 5. The van der Waals surface area contributed by atoms with Crippen LogP contribution in [-0.4, -0.2) is 20.9 Å². The van der Waals surface area contributed by atoms with Crippen molar-refractivity contribution in [3.63, 3.8) is 0 Å². The van der Waals surface area contributed by atoms with Gasteiger partial charge in [0.15, 0.2) is 22.1 Å². The summed E-state index contributed by atoms with van der Waals surface area (Å²) in [4.78, 5) is 13.8. The van der Waals surface area contributed by atoms with Crippen LogP contribution in [0.1, 0.15) is 24.5 Å². The average molecular weight is 399 g/mol. The van der Waals surface area contributed by atoms with E-state index in [1.807, 2.05) is 0 Å². The number of aryl methyl sites for hydroxylation is 2. The quantitative estimate of drug-likeness (QED) is 0.313. The predicted molar refractivity (Wildman–Crippen MR) is 93.6 cm³/mol. The van der Waals surface area contributed by atoms with Crippen LogP contribution in [0.4, 0.5) is 0 Å². The summed E-state index contributed by atoms with van der Waals surface area (Å²) in [6.07, 6.45) is 4.42. The average Bonchev–Trinajstić information content (AvgIpc) is 3.14. The molecule has 4 rings (SSSR count). The Morgan fingerprint density at radius 2 is 1.00 bits per heavy atom. The van der Waals surface area contributed by atoms with Crippen LogP contribution in [0.3, 0.4) is 0 Å². The fraction of sp³-hybridized carbons (Fsp3) is 0.222. The van der Waals surface area contributed by atoms with Crippen LogP contribution < -0.4 is 34.8 Å². The minimum absolute atomic E-state index is 0. The lowest BCUT2D eigenvalue weighted by Gasteiger charge is -1.91. The van der Waals surface area contributed by atoms with Gasteiger partial charge in [-0.25, -0.2) is 19.9 Å². The van der Waals surface area contributed by atoms with Gasteiger partial charge in [0.1, 0.15) is 0 Å². The van der Waals surface area contributed by atoms with Gasteiger partial charge in [-0.1, -0.05) is 24.3 Å². The molecule has 0 radical (unpaired) electrons. The van der Waals surface area contributed by atoms with E-state index in [0.29, 0.717) is 0 Å². The molecule has 26 heavy (non-hydrogen) atoms. The summed E-state index contributed by atoms with van der Waals surface area (Å²) in [7, 11) is 0. The Kier molecular flexibility index (Phi) is 9.90. The highest BCUT2D eigenvalue weighted by Crippen LogP contribution is 2.10. The number of H-pyrrole nitrogens is 4. The molecule has 8 N–H and O–H groups in total. The molecule has 0 aliphatic rings. The van der Waals surface area contributed by atoms with Crippen LogP contribution in [0.2, 0.25) is 0 Å². The summed E-state index contributed by atoms with van der Waals surface area (Å²) in [5, 5.41) is 0. The Morgan fingerprint density at radius 3 is 1.38 bits per heavy atom. The molecule has 0 saturated carbocycles. The highest BCUT2D eigenvalue weighted by molar-refractivity contribution is 5.71. The molecule has 142 valence electrons. The highest BCUT2D eigenvalue weighted by atomic mass is 35.5. The van der Waals surface area contributed by atoms with Gasteiger partial charge in [-0.15, -0.1) is 0 Å². The second-order valence-electron chi connectivity index (χ2n) is 5.76. The lowest BCUT2D eigenvalue weighted by atomic mass is 10.2. The van der Waals surface area contributed by atoms with E-state index in [1.54, 1.807) is 0 Å². The first-order chi connectivity index (χ1) is 10.9. The number of halogens is 2. The molecule has 6 nitrogen and oxygen atoms in total. The van der Waals surface area contributed by atoms with E-state index in [0.717, 1.165) is 25.7 Å². The lowest BCUT2D eigenvalue weighted by molar-refractivity contribution is -0.359. The number of benzene rings is 2.